The van der Waals surface area contributed by atoms with Crippen LogP contribution < -0.4 is 4.72 Å². The summed E-state index contributed by atoms with van der Waals surface area (Å²) >= 11 is 0. The van der Waals surface area contributed by atoms with Crippen molar-refractivity contribution in [3.63, 3.8) is 0 Å². The molecule has 1 saturated heterocycles. The molecular formula is C15H24N2O3S. The van der Waals surface area contributed by atoms with E-state index in [2.05, 4.69) is 23.5 Å². The van der Waals surface area contributed by atoms with Crippen molar-refractivity contribution in [2.24, 2.45) is 0 Å². The quantitative estimate of drug-likeness (QED) is 0.808. The molecule has 2 atom stereocenters. The fourth-order valence-electron chi connectivity index (χ4n) is 2.66. The maximum Gasteiger partial charge on any atom is 0.240 e. The third kappa shape index (κ3) is 5.07. The van der Waals surface area contributed by atoms with Gasteiger partial charge in [-0.15, -0.1) is 0 Å². The van der Waals surface area contributed by atoms with Crippen molar-refractivity contribution < 1.29 is 13.2 Å². The Hall–Kier alpha value is -0.950. The summed E-state index contributed by atoms with van der Waals surface area (Å²) < 4.78 is 32.4. The summed E-state index contributed by atoms with van der Waals surface area (Å²) in [6, 6.07) is 8.47. The van der Waals surface area contributed by atoms with E-state index in [1.54, 1.807) is 30.3 Å². The van der Waals surface area contributed by atoms with Gasteiger partial charge in [0.25, 0.3) is 0 Å². The van der Waals surface area contributed by atoms with Gasteiger partial charge >= 0.3 is 0 Å². The number of sulfonamides is 1. The van der Waals surface area contributed by atoms with Crippen molar-refractivity contribution >= 4 is 10.0 Å². The van der Waals surface area contributed by atoms with Gasteiger partial charge in [0.05, 0.1) is 17.1 Å². The monoisotopic (exact) mass is 312 g/mol. The number of hydrogen-bond acceptors (Lipinski definition) is 4. The van der Waals surface area contributed by atoms with Crippen LogP contribution in [-0.4, -0.2) is 51.7 Å². The number of hydrogen-bond donors (Lipinski definition) is 1. The molecule has 1 aliphatic rings. The van der Waals surface area contributed by atoms with Gasteiger partial charge in [-0.2, -0.15) is 0 Å². The van der Waals surface area contributed by atoms with Crippen molar-refractivity contribution in [3.05, 3.63) is 30.3 Å². The highest BCUT2D eigenvalue weighted by Crippen LogP contribution is 2.11. The summed E-state index contributed by atoms with van der Waals surface area (Å²) in [6.45, 7) is 7.31. The van der Waals surface area contributed by atoms with Gasteiger partial charge in [0.2, 0.25) is 10.0 Å². The van der Waals surface area contributed by atoms with Crippen LogP contribution in [0.25, 0.3) is 0 Å². The molecule has 5 nitrogen and oxygen atoms in total. The smallest absolute Gasteiger partial charge is 0.240 e. The molecule has 1 N–H and O–H groups in total. The van der Waals surface area contributed by atoms with Gasteiger partial charge in [0, 0.05) is 19.6 Å². The Labute approximate surface area is 127 Å². The Morgan fingerprint density at radius 2 is 1.81 bits per heavy atom. The first kappa shape index (κ1) is 16.4. The summed E-state index contributed by atoms with van der Waals surface area (Å²) in [7, 11) is -3.38. The summed E-state index contributed by atoms with van der Waals surface area (Å²) in [5.74, 6) is 0. The van der Waals surface area contributed by atoms with E-state index < -0.39 is 10.0 Å². The molecule has 0 radical (unpaired) electrons. The SMILES string of the molecule is CC1CN(CCCNS(=O)(=O)c2ccccc2)CC(C)O1. The first-order valence-corrected chi connectivity index (χ1v) is 8.88. The van der Waals surface area contributed by atoms with E-state index in [1.807, 2.05) is 0 Å². The van der Waals surface area contributed by atoms with Gasteiger partial charge in [0.15, 0.2) is 0 Å². The minimum absolute atomic E-state index is 0.245. The van der Waals surface area contributed by atoms with E-state index in [0.29, 0.717) is 11.4 Å². The number of morpholine rings is 1. The Kier molecular flexibility index (Phi) is 5.75. The Morgan fingerprint density at radius 3 is 2.43 bits per heavy atom. The van der Waals surface area contributed by atoms with E-state index in [1.165, 1.54) is 0 Å². The summed E-state index contributed by atoms with van der Waals surface area (Å²) in [5, 5.41) is 0. The molecule has 21 heavy (non-hydrogen) atoms. The van der Waals surface area contributed by atoms with E-state index in [4.69, 9.17) is 4.74 Å². The maximum absolute atomic E-state index is 12.0. The molecule has 0 amide bonds. The van der Waals surface area contributed by atoms with Crippen molar-refractivity contribution in [1.82, 2.24) is 9.62 Å². The highest BCUT2D eigenvalue weighted by atomic mass is 32.2. The zero-order valence-electron chi connectivity index (χ0n) is 12.7. The topological polar surface area (TPSA) is 58.6 Å². The molecule has 1 aromatic carbocycles. The third-order valence-corrected chi connectivity index (χ3v) is 4.97. The lowest BCUT2D eigenvalue weighted by Crippen LogP contribution is -2.46. The van der Waals surface area contributed by atoms with Crippen LogP contribution in [0.3, 0.4) is 0 Å². The highest BCUT2D eigenvalue weighted by Gasteiger charge is 2.21. The number of ether oxygens (including phenoxy) is 1. The second-order valence-electron chi connectivity index (χ2n) is 5.58. The normalized spacial score (nSPS) is 24.1. The molecule has 0 aliphatic carbocycles. The first-order chi connectivity index (χ1) is 9.97. The van der Waals surface area contributed by atoms with Crippen LogP contribution in [0.15, 0.2) is 35.2 Å². The second-order valence-corrected chi connectivity index (χ2v) is 7.35. The molecule has 2 unspecified atom stereocenters. The molecule has 6 heteroatoms. The largest absolute Gasteiger partial charge is 0.373 e. The third-order valence-electron chi connectivity index (χ3n) is 3.49. The van der Waals surface area contributed by atoms with Crippen LogP contribution in [-0.2, 0) is 14.8 Å². The van der Waals surface area contributed by atoms with Gasteiger partial charge in [-0.25, -0.2) is 13.1 Å². The van der Waals surface area contributed by atoms with Crippen LogP contribution in [0.1, 0.15) is 20.3 Å². The number of rotatable bonds is 6. The molecule has 1 aromatic rings. The second kappa shape index (κ2) is 7.35. The van der Waals surface area contributed by atoms with Crippen LogP contribution in [0.2, 0.25) is 0 Å². The van der Waals surface area contributed by atoms with Crippen molar-refractivity contribution in [1.29, 1.82) is 0 Å². The van der Waals surface area contributed by atoms with Gasteiger partial charge in [-0.05, 0) is 38.9 Å². The number of nitrogens with zero attached hydrogens (tertiary/aromatic N) is 1. The maximum atomic E-state index is 12.0. The van der Waals surface area contributed by atoms with Crippen LogP contribution in [0.5, 0.6) is 0 Å². The van der Waals surface area contributed by atoms with Crippen LogP contribution in [0, 0.1) is 0 Å². The lowest BCUT2D eigenvalue weighted by Gasteiger charge is -2.35. The van der Waals surface area contributed by atoms with Gasteiger partial charge in [0.1, 0.15) is 0 Å². The molecule has 1 heterocycles. The molecule has 1 fully saturated rings. The highest BCUT2D eigenvalue weighted by molar-refractivity contribution is 7.89. The molecule has 0 bridgehead atoms. The van der Waals surface area contributed by atoms with E-state index >= 15 is 0 Å². The molecule has 0 spiro atoms. The predicted molar refractivity (Wildman–Crippen MR) is 82.7 cm³/mol. The zero-order valence-corrected chi connectivity index (χ0v) is 13.5. The van der Waals surface area contributed by atoms with Gasteiger partial charge in [-0.1, -0.05) is 18.2 Å². The lowest BCUT2D eigenvalue weighted by atomic mass is 10.2. The van der Waals surface area contributed by atoms with Gasteiger partial charge < -0.3 is 4.74 Å². The number of benzene rings is 1. The van der Waals surface area contributed by atoms with E-state index in [0.717, 1.165) is 26.1 Å². The fourth-order valence-corrected chi connectivity index (χ4v) is 3.75. The Balaban J connectivity index is 1.75. The molecule has 118 valence electrons. The average Bonchev–Trinajstić information content (AvgIpc) is 2.44. The van der Waals surface area contributed by atoms with Crippen molar-refractivity contribution in [3.8, 4) is 0 Å². The Bertz CT molecular complexity index is 523. The lowest BCUT2D eigenvalue weighted by molar-refractivity contribution is -0.0679. The van der Waals surface area contributed by atoms with E-state index in [-0.39, 0.29) is 12.2 Å². The van der Waals surface area contributed by atoms with Crippen LogP contribution in [0.4, 0.5) is 0 Å². The molecule has 2 rings (SSSR count). The fraction of sp³-hybridized carbons (Fsp3) is 0.600. The first-order valence-electron chi connectivity index (χ1n) is 7.40. The molecular weight excluding hydrogens is 288 g/mol. The molecule has 0 saturated carbocycles. The van der Waals surface area contributed by atoms with Crippen molar-refractivity contribution in [2.45, 2.75) is 37.4 Å². The summed E-state index contributed by atoms with van der Waals surface area (Å²) in [6.07, 6.45) is 1.29. The Morgan fingerprint density at radius 1 is 1.19 bits per heavy atom. The standard InChI is InChI=1S/C15H24N2O3S/c1-13-11-17(12-14(2)20-13)10-6-9-16-21(18,19)15-7-4-3-5-8-15/h3-5,7-8,13-14,16H,6,9-12H2,1-2H3. The summed E-state index contributed by atoms with van der Waals surface area (Å²) in [5.41, 5.74) is 0. The van der Waals surface area contributed by atoms with Crippen LogP contribution >= 0.6 is 0 Å². The zero-order chi connectivity index (χ0) is 15.3. The minimum atomic E-state index is -3.38. The summed E-state index contributed by atoms with van der Waals surface area (Å²) in [4.78, 5) is 2.65. The predicted octanol–water partition coefficient (Wildman–Crippen LogP) is 1.46. The van der Waals surface area contributed by atoms with Crippen molar-refractivity contribution in [2.75, 3.05) is 26.2 Å². The molecule has 1 aliphatic heterocycles. The molecule has 0 aromatic heterocycles. The average molecular weight is 312 g/mol. The van der Waals surface area contributed by atoms with Gasteiger partial charge in [-0.3, -0.25) is 4.90 Å². The number of nitrogens with one attached hydrogen (secondary N) is 1. The van der Waals surface area contributed by atoms with E-state index in [9.17, 15) is 8.42 Å². The minimum Gasteiger partial charge on any atom is -0.373 e.